The molecule has 2 aromatic carbocycles. The molecule has 0 unspecified atom stereocenters. The fraction of sp³-hybridized carbons (Fsp3) is 0.364. The lowest BCUT2D eigenvalue weighted by Gasteiger charge is -2.27. The summed E-state index contributed by atoms with van der Waals surface area (Å²) in [5.74, 6) is -0.284. The lowest BCUT2D eigenvalue weighted by molar-refractivity contribution is -0.123. The number of likely N-dealkylation sites (N-methyl/N-ethyl adjacent to an activating group) is 2. The van der Waals surface area contributed by atoms with Crippen LogP contribution in [0.3, 0.4) is 0 Å². The number of sulfonamides is 1. The van der Waals surface area contributed by atoms with Crippen molar-refractivity contribution in [1.29, 1.82) is 0 Å². The zero-order valence-electron chi connectivity index (χ0n) is 18.1. The summed E-state index contributed by atoms with van der Waals surface area (Å²) in [6, 6.07) is 12.1. The van der Waals surface area contributed by atoms with Crippen LogP contribution in [0.5, 0.6) is 5.75 Å². The third-order valence-electron chi connectivity index (χ3n) is 5.20. The summed E-state index contributed by atoms with van der Waals surface area (Å²) in [7, 11) is -2.59. The third kappa shape index (κ3) is 4.57. The molecule has 0 saturated carbocycles. The number of aryl methyl sites for hydroxylation is 1. The Morgan fingerprint density at radius 3 is 2.45 bits per heavy atom. The second-order valence-corrected chi connectivity index (χ2v) is 9.37. The van der Waals surface area contributed by atoms with Crippen molar-refractivity contribution in [2.45, 2.75) is 38.2 Å². The van der Waals surface area contributed by atoms with Crippen molar-refractivity contribution >= 4 is 33.2 Å². The topological polar surface area (TPSA) is 96.0 Å². The number of para-hydroxylation sites is 1. The molecule has 0 spiro atoms. The molecule has 0 bridgehead atoms. The van der Waals surface area contributed by atoms with E-state index in [0.717, 1.165) is 4.31 Å². The molecule has 1 aliphatic heterocycles. The smallest absolute Gasteiger partial charge is 0.265 e. The van der Waals surface area contributed by atoms with Gasteiger partial charge in [-0.2, -0.15) is 4.31 Å². The summed E-state index contributed by atoms with van der Waals surface area (Å²) in [6.45, 7) is 5.40. The number of benzene rings is 2. The van der Waals surface area contributed by atoms with E-state index in [0.29, 0.717) is 35.7 Å². The summed E-state index contributed by atoms with van der Waals surface area (Å²) < 4.78 is 33.2. The van der Waals surface area contributed by atoms with Crippen LogP contribution in [0.1, 0.15) is 25.8 Å². The Labute approximate surface area is 182 Å². The normalized spacial score (nSPS) is 15.8. The summed E-state index contributed by atoms with van der Waals surface area (Å²) in [4.78, 5) is 26.4. The average Bonchev–Trinajstić information content (AvgIpc) is 2.74. The molecule has 1 N–H and O–H groups in total. The van der Waals surface area contributed by atoms with E-state index >= 15 is 0 Å². The first-order valence-corrected chi connectivity index (χ1v) is 11.6. The first kappa shape index (κ1) is 22.8. The highest BCUT2D eigenvalue weighted by atomic mass is 32.2. The standard InChI is InChI=1S/C22H27N3O5S/c1-5-18-22(27)23-17-12-15(3)20(13-19(17)30-18)31(28,29)24(4)14-21(26)25(6-2)16-10-8-7-9-11-16/h7-13,18H,5-6,14H2,1-4H3,(H,23,27)/t18-/m0/s1. The number of hydrogen-bond donors (Lipinski definition) is 1. The van der Waals surface area contributed by atoms with Gasteiger partial charge in [0.2, 0.25) is 15.9 Å². The van der Waals surface area contributed by atoms with Crippen molar-refractivity contribution in [2.24, 2.45) is 0 Å². The van der Waals surface area contributed by atoms with Crippen LogP contribution in [-0.4, -0.2) is 50.8 Å². The highest BCUT2D eigenvalue weighted by molar-refractivity contribution is 7.89. The van der Waals surface area contributed by atoms with Crippen LogP contribution < -0.4 is 15.0 Å². The fourth-order valence-electron chi connectivity index (χ4n) is 3.47. The van der Waals surface area contributed by atoms with Gasteiger partial charge >= 0.3 is 0 Å². The van der Waals surface area contributed by atoms with Gasteiger partial charge in [0.05, 0.1) is 17.1 Å². The van der Waals surface area contributed by atoms with Crippen LogP contribution in [0.25, 0.3) is 0 Å². The van der Waals surface area contributed by atoms with Crippen LogP contribution in [0.4, 0.5) is 11.4 Å². The average molecular weight is 446 g/mol. The highest BCUT2D eigenvalue weighted by Gasteiger charge is 2.31. The van der Waals surface area contributed by atoms with Crippen molar-refractivity contribution in [1.82, 2.24) is 4.31 Å². The molecule has 0 fully saturated rings. The molecule has 3 rings (SSSR count). The number of rotatable bonds is 7. The molecule has 2 amide bonds. The predicted molar refractivity (Wildman–Crippen MR) is 119 cm³/mol. The maximum Gasteiger partial charge on any atom is 0.265 e. The molecule has 1 heterocycles. The number of hydrogen-bond acceptors (Lipinski definition) is 5. The molecule has 1 atom stereocenters. The zero-order valence-corrected chi connectivity index (χ0v) is 18.9. The predicted octanol–water partition coefficient (Wildman–Crippen LogP) is 2.78. The minimum Gasteiger partial charge on any atom is -0.478 e. The number of carbonyl (C=O) groups excluding carboxylic acids is 2. The Kier molecular flexibility index (Phi) is 6.66. The molecule has 8 nitrogen and oxygen atoms in total. The fourth-order valence-corrected chi connectivity index (χ4v) is 4.81. The minimum atomic E-state index is -3.97. The van der Waals surface area contributed by atoms with Gasteiger partial charge in [-0.05, 0) is 44.0 Å². The monoisotopic (exact) mass is 445 g/mol. The molecule has 0 aliphatic carbocycles. The molecular formula is C22H27N3O5S. The number of carbonyl (C=O) groups is 2. The van der Waals surface area contributed by atoms with E-state index in [9.17, 15) is 18.0 Å². The second kappa shape index (κ2) is 9.07. The van der Waals surface area contributed by atoms with Gasteiger partial charge in [-0.1, -0.05) is 25.1 Å². The lowest BCUT2D eigenvalue weighted by atomic mass is 10.1. The summed E-state index contributed by atoms with van der Waals surface area (Å²) in [5, 5.41) is 2.75. The molecule has 0 aromatic heterocycles. The number of fused-ring (bicyclic) bond motifs is 1. The summed E-state index contributed by atoms with van der Waals surface area (Å²) in [6.07, 6.45) is -0.212. The van der Waals surface area contributed by atoms with Gasteiger partial charge in [0, 0.05) is 25.3 Å². The van der Waals surface area contributed by atoms with Gasteiger partial charge in [0.25, 0.3) is 5.91 Å². The first-order chi connectivity index (χ1) is 14.7. The van der Waals surface area contributed by atoms with E-state index in [1.807, 2.05) is 32.0 Å². The second-order valence-electron chi connectivity index (χ2n) is 7.35. The van der Waals surface area contributed by atoms with Crippen molar-refractivity contribution in [3.8, 4) is 5.75 Å². The Balaban J connectivity index is 1.86. The van der Waals surface area contributed by atoms with Crippen LogP contribution in [0, 0.1) is 6.92 Å². The Morgan fingerprint density at radius 2 is 1.84 bits per heavy atom. The molecule has 1 aliphatic rings. The van der Waals surface area contributed by atoms with Crippen LogP contribution in [0.15, 0.2) is 47.4 Å². The number of nitrogens with one attached hydrogen (secondary N) is 1. The van der Waals surface area contributed by atoms with Crippen LogP contribution >= 0.6 is 0 Å². The SMILES string of the molecule is CC[C@@H]1Oc2cc(S(=O)(=O)N(C)CC(=O)N(CC)c3ccccc3)c(C)cc2NC1=O. The van der Waals surface area contributed by atoms with Gasteiger partial charge in [-0.15, -0.1) is 0 Å². The van der Waals surface area contributed by atoms with Crippen molar-refractivity contribution < 1.29 is 22.7 Å². The molecule has 0 saturated heterocycles. The van der Waals surface area contributed by atoms with Crippen LogP contribution in [-0.2, 0) is 19.6 Å². The number of anilines is 2. The molecule has 0 radical (unpaired) electrons. The van der Waals surface area contributed by atoms with Gasteiger partial charge < -0.3 is 15.0 Å². The van der Waals surface area contributed by atoms with Gasteiger partial charge in [-0.25, -0.2) is 8.42 Å². The van der Waals surface area contributed by atoms with E-state index in [1.165, 1.54) is 18.0 Å². The van der Waals surface area contributed by atoms with Gasteiger partial charge in [-0.3, -0.25) is 9.59 Å². The molecule has 9 heteroatoms. The highest BCUT2D eigenvalue weighted by Crippen LogP contribution is 2.35. The number of nitrogens with zero attached hydrogens (tertiary/aromatic N) is 2. The maximum absolute atomic E-state index is 13.2. The van der Waals surface area contributed by atoms with E-state index < -0.39 is 16.1 Å². The van der Waals surface area contributed by atoms with E-state index in [4.69, 9.17) is 4.74 Å². The summed E-state index contributed by atoms with van der Waals surface area (Å²) in [5.41, 5.74) is 1.60. The summed E-state index contributed by atoms with van der Waals surface area (Å²) >= 11 is 0. The van der Waals surface area contributed by atoms with Crippen molar-refractivity contribution in [3.05, 3.63) is 48.0 Å². The number of ether oxygens (including phenoxy) is 1. The van der Waals surface area contributed by atoms with E-state index in [-0.39, 0.29) is 23.3 Å². The molecule has 2 aromatic rings. The van der Waals surface area contributed by atoms with Crippen LogP contribution in [0.2, 0.25) is 0 Å². The minimum absolute atomic E-state index is 0.0373. The van der Waals surface area contributed by atoms with Gasteiger partial charge in [0.1, 0.15) is 5.75 Å². The third-order valence-corrected chi connectivity index (χ3v) is 7.14. The molecule has 31 heavy (non-hydrogen) atoms. The van der Waals surface area contributed by atoms with Crippen molar-refractivity contribution in [2.75, 3.05) is 30.4 Å². The van der Waals surface area contributed by atoms with Gasteiger partial charge in [0.15, 0.2) is 6.10 Å². The maximum atomic E-state index is 13.2. The number of amides is 2. The first-order valence-electron chi connectivity index (χ1n) is 10.1. The quantitative estimate of drug-likeness (QED) is 0.707. The van der Waals surface area contributed by atoms with Crippen molar-refractivity contribution in [3.63, 3.8) is 0 Å². The lowest BCUT2D eigenvalue weighted by Crippen LogP contribution is -2.41. The Hall–Kier alpha value is -2.91. The molecule has 166 valence electrons. The zero-order chi connectivity index (χ0) is 22.8. The van der Waals surface area contributed by atoms with E-state index in [2.05, 4.69) is 5.32 Å². The van der Waals surface area contributed by atoms with E-state index in [1.54, 1.807) is 25.1 Å². The Bertz CT molecular complexity index is 1090. The Morgan fingerprint density at radius 1 is 1.16 bits per heavy atom. The largest absolute Gasteiger partial charge is 0.478 e. The molecular weight excluding hydrogens is 418 g/mol.